The maximum Gasteiger partial charge on any atom is 0.307 e. The van der Waals surface area contributed by atoms with Crippen LogP contribution in [0.1, 0.15) is 13.3 Å². The van der Waals surface area contributed by atoms with E-state index in [2.05, 4.69) is 14.7 Å². The number of hydrogen-bond acceptors (Lipinski definition) is 6. The first-order valence-corrected chi connectivity index (χ1v) is 5.40. The van der Waals surface area contributed by atoms with E-state index in [-0.39, 0.29) is 5.97 Å². The lowest BCUT2D eigenvalue weighted by molar-refractivity contribution is -0.140. The minimum absolute atomic E-state index is 0.240. The summed E-state index contributed by atoms with van der Waals surface area (Å²) in [4.78, 5) is 20.9. The van der Waals surface area contributed by atoms with E-state index in [9.17, 15) is 4.79 Å². The zero-order chi connectivity index (χ0) is 12.7. The fourth-order valence-electron chi connectivity index (χ4n) is 1.24. The quantitative estimate of drug-likeness (QED) is 0.686. The molecular formula is C11H17N3O3. The van der Waals surface area contributed by atoms with Gasteiger partial charge in [-0.25, -0.2) is 9.97 Å². The van der Waals surface area contributed by atoms with Crippen LogP contribution in [0, 0.1) is 0 Å². The Morgan fingerprint density at radius 1 is 1.47 bits per heavy atom. The second kappa shape index (κ2) is 6.67. The van der Waals surface area contributed by atoms with Crippen LogP contribution in [0.15, 0.2) is 12.4 Å². The summed E-state index contributed by atoms with van der Waals surface area (Å²) in [5.41, 5.74) is 0. The smallest absolute Gasteiger partial charge is 0.307 e. The van der Waals surface area contributed by atoms with Gasteiger partial charge in [0.05, 0.1) is 20.1 Å². The van der Waals surface area contributed by atoms with E-state index in [0.717, 1.165) is 0 Å². The van der Waals surface area contributed by atoms with Gasteiger partial charge in [-0.3, -0.25) is 4.79 Å². The average Bonchev–Trinajstić information content (AvgIpc) is 2.36. The number of methoxy groups -OCH3 is 1. The highest BCUT2D eigenvalue weighted by molar-refractivity contribution is 5.69. The fourth-order valence-corrected chi connectivity index (χ4v) is 1.24. The summed E-state index contributed by atoms with van der Waals surface area (Å²) < 4.78 is 9.85. The molecule has 0 fully saturated rings. The number of anilines is 1. The Kier molecular flexibility index (Phi) is 5.19. The maximum atomic E-state index is 11.0. The largest absolute Gasteiger partial charge is 0.478 e. The van der Waals surface area contributed by atoms with Crippen molar-refractivity contribution in [3.05, 3.63) is 12.4 Å². The molecule has 0 saturated carbocycles. The Morgan fingerprint density at radius 2 is 2.24 bits per heavy atom. The molecule has 1 aromatic heterocycles. The van der Waals surface area contributed by atoms with Crippen molar-refractivity contribution in [3.8, 4) is 5.88 Å². The molecule has 0 spiro atoms. The summed E-state index contributed by atoms with van der Waals surface area (Å²) in [6.07, 6.45) is 1.76. The van der Waals surface area contributed by atoms with Gasteiger partial charge >= 0.3 is 5.97 Å². The summed E-state index contributed by atoms with van der Waals surface area (Å²) in [6.45, 7) is 2.99. The van der Waals surface area contributed by atoms with Crippen LogP contribution in [0.3, 0.4) is 0 Å². The molecule has 0 aliphatic carbocycles. The predicted molar refractivity (Wildman–Crippen MR) is 63.1 cm³/mol. The zero-order valence-electron chi connectivity index (χ0n) is 10.3. The van der Waals surface area contributed by atoms with Crippen molar-refractivity contribution in [3.63, 3.8) is 0 Å². The predicted octanol–water partition coefficient (Wildman–Crippen LogP) is 0.875. The van der Waals surface area contributed by atoms with E-state index in [0.29, 0.717) is 31.3 Å². The molecule has 0 amide bonds. The standard InChI is InChI=1S/C11H17N3O3/c1-4-17-10-7-9(12-8-13-10)14(2)6-5-11(15)16-3/h7-8H,4-6H2,1-3H3. The molecule has 0 radical (unpaired) electrons. The Labute approximate surface area is 101 Å². The lowest BCUT2D eigenvalue weighted by atomic mass is 10.4. The fraction of sp³-hybridized carbons (Fsp3) is 0.545. The highest BCUT2D eigenvalue weighted by Gasteiger charge is 2.07. The van der Waals surface area contributed by atoms with Crippen LogP contribution in [-0.2, 0) is 9.53 Å². The van der Waals surface area contributed by atoms with E-state index in [4.69, 9.17) is 4.74 Å². The summed E-state index contributed by atoms with van der Waals surface area (Å²) in [7, 11) is 3.22. The lowest BCUT2D eigenvalue weighted by Crippen LogP contribution is -2.22. The van der Waals surface area contributed by atoms with E-state index in [1.165, 1.54) is 13.4 Å². The van der Waals surface area contributed by atoms with Gasteiger partial charge in [-0.2, -0.15) is 0 Å². The van der Waals surface area contributed by atoms with Crippen molar-refractivity contribution in [2.75, 3.05) is 32.2 Å². The highest BCUT2D eigenvalue weighted by Crippen LogP contribution is 2.14. The number of carbonyl (C=O) groups is 1. The summed E-state index contributed by atoms with van der Waals surface area (Å²) in [5, 5.41) is 0. The molecular weight excluding hydrogens is 222 g/mol. The lowest BCUT2D eigenvalue weighted by Gasteiger charge is -2.17. The van der Waals surface area contributed by atoms with Gasteiger partial charge in [0.25, 0.3) is 0 Å². The van der Waals surface area contributed by atoms with Crippen molar-refractivity contribution in [2.24, 2.45) is 0 Å². The molecule has 94 valence electrons. The van der Waals surface area contributed by atoms with Gasteiger partial charge in [-0.15, -0.1) is 0 Å². The van der Waals surface area contributed by atoms with Gasteiger partial charge in [0.15, 0.2) is 0 Å². The molecule has 6 heteroatoms. The third kappa shape index (κ3) is 4.26. The first-order chi connectivity index (χ1) is 8.17. The van der Waals surface area contributed by atoms with Crippen LogP contribution < -0.4 is 9.64 Å². The zero-order valence-corrected chi connectivity index (χ0v) is 10.3. The Bertz CT molecular complexity index is 371. The van der Waals surface area contributed by atoms with Gasteiger partial charge in [-0.05, 0) is 6.92 Å². The maximum absolute atomic E-state index is 11.0. The second-order valence-electron chi connectivity index (χ2n) is 3.40. The van der Waals surface area contributed by atoms with Crippen molar-refractivity contribution in [2.45, 2.75) is 13.3 Å². The van der Waals surface area contributed by atoms with Gasteiger partial charge in [-0.1, -0.05) is 0 Å². The molecule has 0 bridgehead atoms. The molecule has 17 heavy (non-hydrogen) atoms. The first-order valence-electron chi connectivity index (χ1n) is 5.40. The molecule has 6 nitrogen and oxygen atoms in total. The van der Waals surface area contributed by atoms with Crippen molar-refractivity contribution in [1.82, 2.24) is 9.97 Å². The molecule has 0 aromatic carbocycles. The van der Waals surface area contributed by atoms with Crippen LogP contribution in [0.5, 0.6) is 5.88 Å². The number of carbonyl (C=O) groups excluding carboxylic acids is 1. The van der Waals surface area contributed by atoms with E-state index >= 15 is 0 Å². The van der Waals surface area contributed by atoms with Crippen LogP contribution in [-0.4, -0.2) is 43.2 Å². The normalized spacial score (nSPS) is 9.82. The van der Waals surface area contributed by atoms with Crippen molar-refractivity contribution < 1.29 is 14.3 Å². The molecule has 0 unspecified atom stereocenters. The first kappa shape index (κ1) is 13.2. The number of nitrogens with zero attached hydrogens (tertiary/aromatic N) is 3. The van der Waals surface area contributed by atoms with Gasteiger partial charge in [0.2, 0.25) is 5.88 Å². The van der Waals surface area contributed by atoms with Crippen LogP contribution in [0.2, 0.25) is 0 Å². The highest BCUT2D eigenvalue weighted by atomic mass is 16.5. The number of rotatable bonds is 6. The minimum atomic E-state index is -0.240. The average molecular weight is 239 g/mol. The molecule has 0 saturated heterocycles. The topological polar surface area (TPSA) is 64.5 Å². The monoisotopic (exact) mass is 239 g/mol. The molecule has 1 rings (SSSR count). The van der Waals surface area contributed by atoms with Crippen LogP contribution in [0.4, 0.5) is 5.82 Å². The van der Waals surface area contributed by atoms with Gasteiger partial charge < -0.3 is 14.4 Å². The third-order valence-corrected chi connectivity index (χ3v) is 2.19. The number of hydrogen-bond donors (Lipinski definition) is 0. The van der Waals surface area contributed by atoms with Gasteiger partial charge in [0, 0.05) is 19.7 Å². The van der Waals surface area contributed by atoms with Gasteiger partial charge in [0.1, 0.15) is 12.1 Å². The Hall–Kier alpha value is -1.85. The number of ether oxygens (including phenoxy) is 2. The summed E-state index contributed by atoms with van der Waals surface area (Å²) >= 11 is 0. The molecule has 1 aromatic rings. The van der Waals surface area contributed by atoms with Crippen molar-refractivity contribution in [1.29, 1.82) is 0 Å². The summed E-state index contributed by atoms with van der Waals surface area (Å²) in [6, 6.07) is 1.74. The Balaban J connectivity index is 2.58. The molecule has 1 heterocycles. The van der Waals surface area contributed by atoms with Crippen LogP contribution >= 0.6 is 0 Å². The van der Waals surface area contributed by atoms with Crippen LogP contribution in [0.25, 0.3) is 0 Å². The molecule has 0 aliphatic heterocycles. The molecule has 0 atom stereocenters. The number of aromatic nitrogens is 2. The van der Waals surface area contributed by atoms with E-state index in [1.54, 1.807) is 6.07 Å². The second-order valence-corrected chi connectivity index (χ2v) is 3.40. The van der Waals surface area contributed by atoms with E-state index in [1.807, 2.05) is 18.9 Å². The van der Waals surface area contributed by atoms with E-state index < -0.39 is 0 Å². The Morgan fingerprint density at radius 3 is 2.88 bits per heavy atom. The molecule has 0 aliphatic rings. The third-order valence-electron chi connectivity index (χ3n) is 2.19. The summed E-state index contributed by atoms with van der Waals surface area (Å²) in [5.74, 6) is 1.01. The van der Waals surface area contributed by atoms with Crippen molar-refractivity contribution >= 4 is 11.8 Å². The minimum Gasteiger partial charge on any atom is -0.478 e. The SMILES string of the molecule is CCOc1cc(N(C)CCC(=O)OC)ncn1. The molecule has 0 N–H and O–H groups in total. The number of esters is 1.